The van der Waals surface area contributed by atoms with E-state index < -0.39 is 11.8 Å². The number of anilines is 1. The summed E-state index contributed by atoms with van der Waals surface area (Å²) < 4.78 is 26.1. The number of hydrogen-bond acceptors (Lipinski definition) is 3. The monoisotopic (exact) mass is 294 g/mol. The van der Waals surface area contributed by atoms with Gasteiger partial charge >= 0.3 is 0 Å². The fourth-order valence-corrected chi connectivity index (χ4v) is 2.23. The van der Waals surface area contributed by atoms with Gasteiger partial charge in [-0.2, -0.15) is 0 Å². The summed E-state index contributed by atoms with van der Waals surface area (Å²) in [6.07, 6.45) is -0.132. The van der Waals surface area contributed by atoms with Crippen LogP contribution in [0.5, 0.6) is 0 Å². The molecule has 2 N–H and O–H groups in total. The van der Waals surface area contributed by atoms with Gasteiger partial charge < -0.3 is 10.4 Å². The maximum atomic E-state index is 13.1. The van der Waals surface area contributed by atoms with Crippen molar-refractivity contribution >= 4 is 11.7 Å². The molecule has 0 saturated heterocycles. The Morgan fingerprint density at radius 2 is 2.14 bits per heavy atom. The lowest BCUT2D eigenvalue weighted by atomic mass is 9.86. The Balaban J connectivity index is 1.97. The molecule has 1 heterocycles. The van der Waals surface area contributed by atoms with Gasteiger partial charge in [0.15, 0.2) is 0 Å². The second-order valence-electron chi connectivity index (χ2n) is 4.99. The number of aromatic nitrogens is 1. The smallest absolute Gasteiger partial charge is 0.248 e. The molecule has 0 bridgehead atoms. The van der Waals surface area contributed by atoms with E-state index >= 15 is 0 Å². The van der Waals surface area contributed by atoms with Crippen molar-refractivity contribution < 1.29 is 18.7 Å². The van der Waals surface area contributed by atoms with E-state index in [0.717, 1.165) is 0 Å². The van der Waals surface area contributed by atoms with Crippen molar-refractivity contribution in [2.45, 2.75) is 31.6 Å². The molecule has 1 amide bonds. The average molecular weight is 294 g/mol. The molecule has 0 radical (unpaired) electrons. The summed E-state index contributed by atoms with van der Waals surface area (Å²) in [5.74, 6) is 2.10. The van der Waals surface area contributed by atoms with Crippen LogP contribution in [-0.2, 0) is 4.79 Å². The van der Waals surface area contributed by atoms with E-state index in [2.05, 4.69) is 22.1 Å². The second kappa shape index (κ2) is 6.64. The van der Waals surface area contributed by atoms with Gasteiger partial charge in [-0.05, 0) is 30.9 Å². The van der Waals surface area contributed by atoms with Crippen LogP contribution in [0.25, 0.3) is 0 Å². The van der Waals surface area contributed by atoms with Gasteiger partial charge in [0.25, 0.3) is 0 Å². The number of aliphatic hydroxyl groups excluding tert-OH is 1. The lowest BCUT2D eigenvalue weighted by Gasteiger charge is -2.27. The molecule has 0 aromatic carbocycles. The van der Waals surface area contributed by atoms with Crippen molar-refractivity contribution in [1.29, 1.82) is 0 Å². The van der Waals surface area contributed by atoms with E-state index in [0.29, 0.717) is 11.5 Å². The zero-order chi connectivity index (χ0) is 15.3. The minimum Gasteiger partial charge on any atom is -0.384 e. The third-order valence-electron chi connectivity index (χ3n) is 3.38. The van der Waals surface area contributed by atoms with Crippen LogP contribution in [0.2, 0.25) is 0 Å². The molecule has 21 heavy (non-hydrogen) atoms. The number of pyridine rings is 1. The summed E-state index contributed by atoms with van der Waals surface area (Å²) in [5, 5.41) is 11.3. The second-order valence-corrected chi connectivity index (χ2v) is 4.99. The first kappa shape index (κ1) is 15.4. The summed E-state index contributed by atoms with van der Waals surface area (Å²) in [6.45, 7) is -0.269. The Hall–Kier alpha value is -2.00. The molecule has 1 aromatic rings. The normalized spacial score (nSPS) is 17.7. The van der Waals surface area contributed by atoms with Crippen LogP contribution < -0.4 is 5.32 Å². The Labute approximate surface area is 121 Å². The number of nitrogens with one attached hydrogen (secondary N) is 1. The van der Waals surface area contributed by atoms with Gasteiger partial charge in [0.2, 0.25) is 11.8 Å². The molecule has 1 aliphatic carbocycles. The highest BCUT2D eigenvalue weighted by atomic mass is 19.3. The largest absolute Gasteiger partial charge is 0.384 e. The molecule has 112 valence electrons. The maximum absolute atomic E-state index is 13.1. The molecular weight excluding hydrogens is 278 g/mol. The predicted octanol–water partition coefficient (Wildman–Crippen LogP) is 2.19. The van der Waals surface area contributed by atoms with Crippen molar-refractivity contribution in [3.63, 3.8) is 0 Å². The van der Waals surface area contributed by atoms with Crippen LogP contribution in [-0.4, -0.2) is 28.5 Å². The number of nitrogens with zero attached hydrogens (tertiary/aromatic N) is 1. The summed E-state index contributed by atoms with van der Waals surface area (Å²) >= 11 is 0. The predicted molar refractivity (Wildman–Crippen MR) is 73.7 cm³/mol. The average Bonchev–Trinajstić information content (AvgIpc) is 2.45. The van der Waals surface area contributed by atoms with E-state index in [-0.39, 0.29) is 38.2 Å². The Morgan fingerprint density at radius 1 is 1.43 bits per heavy atom. The number of amides is 1. The van der Waals surface area contributed by atoms with Crippen molar-refractivity contribution in [2.24, 2.45) is 5.92 Å². The molecule has 2 rings (SSSR count). The fraction of sp³-hybridized carbons (Fsp3) is 0.467. The van der Waals surface area contributed by atoms with E-state index in [9.17, 15) is 13.6 Å². The highest BCUT2D eigenvalue weighted by Crippen LogP contribution is 2.36. The Morgan fingerprint density at radius 3 is 2.81 bits per heavy atom. The first-order valence-corrected chi connectivity index (χ1v) is 6.76. The number of hydrogen-bond donors (Lipinski definition) is 2. The van der Waals surface area contributed by atoms with Gasteiger partial charge in [-0.1, -0.05) is 12.0 Å². The van der Waals surface area contributed by atoms with Crippen LogP contribution in [0.1, 0.15) is 31.4 Å². The molecule has 0 aliphatic heterocycles. The van der Waals surface area contributed by atoms with E-state index in [1.165, 1.54) is 0 Å². The topological polar surface area (TPSA) is 62.2 Å². The van der Waals surface area contributed by atoms with Gasteiger partial charge in [0.1, 0.15) is 18.1 Å². The molecular formula is C15H16F2N2O2. The summed E-state index contributed by atoms with van der Waals surface area (Å²) in [4.78, 5) is 16.1. The summed E-state index contributed by atoms with van der Waals surface area (Å²) in [7, 11) is 0. The molecule has 6 heteroatoms. The zero-order valence-electron chi connectivity index (χ0n) is 11.4. The van der Waals surface area contributed by atoms with Crippen LogP contribution in [0.15, 0.2) is 18.2 Å². The molecule has 4 nitrogen and oxygen atoms in total. The van der Waals surface area contributed by atoms with Gasteiger partial charge in [0.05, 0.1) is 0 Å². The van der Waals surface area contributed by atoms with Crippen LogP contribution >= 0.6 is 0 Å². The first-order chi connectivity index (χ1) is 10.00. The van der Waals surface area contributed by atoms with Crippen molar-refractivity contribution in [3.05, 3.63) is 23.9 Å². The third kappa shape index (κ3) is 4.50. The summed E-state index contributed by atoms with van der Waals surface area (Å²) in [5.41, 5.74) is 0.428. The quantitative estimate of drug-likeness (QED) is 0.822. The van der Waals surface area contributed by atoms with Gasteiger partial charge in [-0.15, -0.1) is 0 Å². The van der Waals surface area contributed by atoms with Gasteiger partial charge in [0, 0.05) is 18.8 Å². The Bertz CT molecular complexity index is 569. The number of carbonyl (C=O) groups excluding carboxylic acids is 1. The zero-order valence-corrected chi connectivity index (χ0v) is 11.4. The van der Waals surface area contributed by atoms with Crippen LogP contribution in [0.3, 0.4) is 0 Å². The molecule has 1 aliphatic rings. The van der Waals surface area contributed by atoms with E-state index in [1.54, 1.807) is 18.2 Å². The van der Waals surface area contributed by atoms with Gasteiger partial charge in [-0.3, -0.25) is 4.79 Å². The molecule has 0 atom stereocenters. The third-order valence-corrected chi connectivity index (χ3v) is 3.38. The van der Waals surface area contributed by atoms with Crippen LogP contribution in [0.4, 0.5) is 14.6 Å². The molecule has 1 aromatic heterocycles. The van der Waals surface area contributed by atoms with Crippen LogP contribution in [0, 0.1) is 17.8 Å². The number of carbonyl (C=O) groups is 1. The SMILES string of the molecule is O=C(Nc1cccc(C#CCO)n1)C1CCC(F)(F)CC1. The highest BCUT2D eigenvalue weighted by Gasteiger charge is 2.37. The number of rotatable bonds is 2. The van der Waals surface area contributed by atoms with Gasteiger partial charge in [-0.25, -0.2) is 13.8 Å². The van der Waals surface area contributed by atoms with Crippen molar-refractivity contribution in [2.75, 3.05) is 11.9 Å². The van der Waals surface area contributed by atoms with Crippen molar-refractivity contribution in [3.8, 4) is 11.8 Å². The standard InChI is InChI=1S/C15H16F2N2O2/c16-15(17)8-6-11(7-9-15)14(21)19-13-5-1-3-12(18-13)4-2-10-20/h1,3,5,11,20H,6-10H2,(H,18,19,21). The summed E-state index contributed by atoms with van der Waals surface area (Å²) in [6, 6.07) is 4.94. The molecule has 1 fully saturated rings. The fourth-order valence-electron chi connectivity index (χ4n) is 2.23. The minimum absolute atomic E-state index is 0.183. The van der Waals surface area contributed by atoms with E-state index in [4.69, 9.17) is 5.11 Å². The maximum Gasteiger partial charge on any atom is 0.248 e. The lowest BCUT2D eigenvalue weighted by molar-refractivity contribution is -0.124. The number of aliphatic hydroxyl groups is 1. The number of alkyl halides is 2. The molecule has 0 unspecified atom stereocenters. The van der Waals surface area contributed by atoms with Crippen molar-refractivity contribution in [1.82, 2.24) is 4.98 Å². The molecule has 0 spiro atoms. The molecule has 1 saturated carbocycles. The highest BCUT2D eigenvalue weighted by molar-refractivity contribution is 5.91. The van der Waals surface area contributed by atoms with E-state index in [1.807, 2.05) is 0 Å². The first-order valence-electron chi connectivity index (χ1n) is 6.76. The lowest BCUT2D eigenvalue weighted by Crippen LogP contribution is -2.32. The Kier molecular flexibility index (Phi) is 4.86. The number of halogens is 2. The minimum atomic E-state index is -2.64.